The van der Waals surface area contributed by atoms with Crippen molar-refractivity contribution < 1.29 is 9.53 Å². The topological polar surface area (TPSA) is 53.6 Å². The predicted molar refractivity (Wildman–Crippen MR) is 84.7 cm³/mol. The summed E-state index contributed by atoms with van der Waals surface area (Å²) < 4.78 is 5.34. The van der Waals surface area contributed by atoms with E-state index in [-0.39, 0.29) is 11.9 Å². The molecule has 0 saturated carbocycles. The monoisotopic (exact) mass is 291 g/mol. The second-order valence-electron chi connectivity index (χ2n) is 5.76. The van der Waals surface area contributed by atoms with Crippen LogP contribution in [0.1, 0.15) is 24.8 Å². The molecule has 0 spiro atoms. The van der Waals surface area contributed by atoms with Crippen LogP contribution in [0.4, 0.5) is 5.69 Å². The summed E-state index contributed by atoms with van der Waals surface area (Å²) in [6.45, 7) is 1.74. The summed E-state index contributed by atoms with van der Waals surface area (Å²) in [7, 11) is 5.67. The highest BCUT2D eigenvalue weighted by atomic mass is 16.5. The Bertz CT molecular complexity index is 482. The summed E-state index contributed by atoms with van der Waals surface area (Å²) >= 11 is 0. The van der Waals surface area contributed by atoms with Crippen molar-refractivity contribution in [3.8, 4) is 5.75 Å². The first-order chi connectivity index (χ1) is 10.1. The number of carbonyl (C=O) groups is 1. The Labute approximate surface area is 126 Å². The Kier molecular flexibility index (Phi) is 5.59. The van der Waals surface area contributed by atoms with E-state index in [4.69, 9.17) is 4.74 Å². The highest BCUT2D eigenvalue weighted by molar-refractivity contribution is 5.96. The van der Waals surface area contributed by atoms with E-state index in [1.165, 1.54) is 0 Å². The zero-order chi connectivity index (χ0) is 15.2. The van der Waals surface area contributed by atoms with Gasteiger partial charge in [0, 0.05) is 6.54 Å². The Hall–Kier alpha value is -1.59. The van der Waals surface area contributed by atoms with Crippen LogP contribution in [0.25, 0.3) is 0 Å². The number of piperidine rings is 1. The molecule has 1 aromatic carbocycles. The summed E-state index contributed by atoms with van der Waals surface area (Å²) in [5.74, 6) is 0.719. The van der Waals surface area contributed by atoms with Crippen LogP contribution >= 0.6 is 0 Å². The van der Waals surface area contributed by atoms with Crippen molar-refractivity contribution in [3.05, 3.63) is 23.8 Å². The minimum atomic E-state index is -0.0963. The summed E-state index contributed by atoms with van der Waals surface area (Å²) in [5.41, 5.74) is 1.89. The van der Waals surface area contributed by atoms with E-state index in [9.17, 15) is 4.79 Å². The third kappa shape index (κ3) is 4.44. The molecule has 2 N–H and O–H groups in total. The fourth-order valence-corrected chi connectivity index (χ4v) is 2.61. The standard InChI is InChI=1S/C16H25N3O2/c1-19(2)11-12-7-8-15(21-3)14(10-12)18-16(20)13-6-4-5-9-17-13/h7-8,10,13,17H,4-6,9,11H2,1-3H3,(H,18,20)/t13-/m1/s1. The molecule has 2 rings (SSSR count). The van der Waals surface area contributed by atoms with Crippen LogP contribution in [0.3, 0.4) is 0 Å². The first-order valence-electron chi connectivity index (χ1n) is 7.46. The van der Waals surface area contributed by atoms with Crippen molar-refractivity contribution >= 4 is 11.6 Å². The number of carbonyl (C=O) groups excluding carboxylic acids is 1. The molecular weight excluding hydrogens is 266 g/mol. The molecule has 1 atom stereocenters. The van der Waals surface area contributed by atoms with E-state index in [0.29, 0.717) is 5.75 Å². The fourth-order valence-electron chi connectivity index (χ4n) is 2.61. The maximum absolute atomic E-state index is 12.3. The second kappa shape index (κ2) is 7.43. The molecule has 0 radical (unpaired) electrons. The molecule has 1 amide bonds. The molecule has 1 heterocycles. The molecule has 0 bridgehead atoms. The normalized spacial score (nSPS) is 18.6. The van der Waals surface area contributed by atoms with Crippen molar-refractivity contribution in [1.29, 1.82) is 0 Å². The average Bonchev–Trinajstić information content (AvgIpc) is 2.48. The quantitative estimate of drug-likeness (QED) is 0.869. The molecule has 1 fully saturated rings. The highest BCUT2D eigenvalue weighted by Crippen LogP contribution is 2.26. The molecule has 116 valence electrons. The molecule has 1 aromatic rings. The molecule has 1 aliphatic heterocycles. The van der Waals surface area contributed by atoms with Crippen molar-refractivity contribution in [1.82, 2.24) is 10.2 Å². The van der Waals surface area contributed by atoms with Gasteiger partial charge in [-0.3, -0.25) is 4.79 Å². The number of rotatable bonds is 5. The van der Waals surface area contributed by atoms with Gasteiger partial charge in [-0.2, -0.15) is 0 Å². The van der Waals surface area contributed by atoms with Gasteiger partial charge in [0.05, 0.1) is 18.8 Å². The number of ether oxygens (including phenoxy) is 1. The number of benzene rings is 1. The molecule has 1 saturated heterocycles. The lowest BCUT2D eigenvalue weighted by Gasteiger charge is -2.23. The molecule has 0 unspecified atom stereocenters. The van der Waals surface area contributed by atoms with E-state index in [1.807, 2.05) is 32.3 Å². The lowest BCUT2D eigenvalue weighted by atomic mass is 10.0. The van der Waals surface area contributed by atoms with Crippen LogP contribution in [-0.4, -0.2) is 44.6 Å². The predicted octanol–water partition coefficient (Wildman–Crippen LogP) is 1.84. The van der Waals surface area contributed by atoms with Crippen molar-refractivity contribution in [2.45, 2.75) is 31.8 Å². The molecule has 5 nitrogen and oxygen atoms in total. The lowest BCUT2D eigenvalue weighted by Crippen LogP contribution is -2.43. The summed E-state index contributed by atoms with van der Waals surface area (Å²) in [6, 6.07) is 5.82. The van der Waals surface area contributed by atoms with Crippen molar-refractivity contribution in [3.63, 3.8) is 0 Å². The Morgan fingerprint density at radius 2 is 2.24 bits per heavy atom. The number of hydrogen-bond acceptors (Lipinski definition) is 4. The number of nitrogens with one attached hydrogen (secondary N) is 2. The number of anilines is 1. The second-order valence-corrected chi connectivity index (χ2v) is 5.76. The highest BCUT2D eigenvalue weighted by Gasteiger charge is 2.21. The average molecular weight is 291 g/mol. The minimum Gasteiger partial charge on any atom is -0.495 e. The van der Waals surface area contributed by atoms with Gasteiger partial charge in [-0.1, -0.05) is 12.5 Å². The third-order valence-corrected chi connectivity index (χ3v) is 3.65. The van der Waals surface area contributed by atoms with E-state index >= 15 is 0 Å². The van der Waals surface area contributed by atoms with Gasteiger partial charge in [-0.15, -0.1) is 0 Å². The van der Waals surface area contributed by atoms with E-state index in [2.05, 4.69) is 15.5 Å². The maximum Gasteiger partial charge on any atom is 0.241 e. The van der Waals surface area contributed by atoms with Gasteiger partial charge < -0.3 is 20.3 Å². The maximum atomic E-state index is 12.3. The number of methoxy groups -OCH3 is 1. The van der Waals surface area contributed by atoms with Crippen LogP contribution in [0, 0.1) is 0 Å². The van der Waals surface area contributed by atoms with Crippen LogP contribution in [0.5, 0.6) is 5.75 Å². The minimum absolute atomic E-state index is 0.0232. The van der Waals surface area contributed by atoms with Gasteiger partial charge in [0.1, 0.15) is 5.75 Å². The molecule has 0 aliphatic carbocycles. The van der Waals surface area contributed by atoms with Gasteiger partial charge in [0.25, 0.3) is 0 Å². The fraction of sp³-hybridized carbons (Fsp3) is 0.562. The Balaban J connectivity index is 2.10. The SMILES string of the molecule is COc1ccc(CN(C)C)cc1NC(=O)[C@H]1CCCCN1. The molecule has 21 heavy (non-hydrogen) atoms. The van der Waals surface area contributed by atoms with Gasteiger partial charge in [-0.25, -0.2) is 0 Å². The largest absolute Gasteiger partial charge is 0.495 e. The molecular formula is C16H25N3O2. The smallest absolute Gasteiger partial charge is 0.241 e. The zero-order valence-corrected chi connectivity index (χ0v) is 13.1. The van der Waals surface area contributed by atoms with E-state index < -0.39 is 0 Å². The van der Waals surface area contributed by atoms with Gasteiger partial charge in [-0.05, 0) is 51.2 Å². The van der Waals surface area contributed by atoms with Crippen LogP contribution < -0.4 is 15.4 Å². The zero-order valence-electron chi connectivity index (χ0n) is 13.1. The molecule has 1 aliphatic rings. The first-order valence-corrected chi connectivity index (χ1v) is 7.46. The lowest BCUT2D eigenvalue weighted by molar-refractivity contribution is -0.118. The Morgan fingerprint density at radius 3 is 2.86 bits per heavy atom. The number of amides is 1. The first kappa shape index (κ1) is 15.8. The summed E-state index contributed by atoms with van der Waals surface area (Å²) in [5, 5.41) is 6.26. The van der Waals surface area contributed by atoms with Crippen molar-refractivity contribution in [2.24, 2.45) is 0 Å². The van der Waals surface area contributed by atoms with Gasteiger partial charge in [0.15, 0.2) is 0 Å². The molecule has 5 heteroatoms. The van der Waals surface area contributed by atoms with Crippen LogP contribution in [0.15, 0.2) is 18.2 Å². The summed E-state index contributed by atoms with van der Waals surface area (Å²) in [4.78, 5) is 14.4. The van der Waals surface area contributed by atoms with E-state index in [0.717, 1.165) is 43.6 Å². The Morgan fingerprint density at radius 1 is 1.43 bits per heavy atom. The van der Waals surface area contributed by atoms with Crippen LogP contribution in [-0.2, 0) is 11.3 Å². The van der Waals surface area contributed by atoms with Gasteiger partial charge >= 0.3 is 0 Å². The van der Waals surface area contributed by atoms with Crippen molar-refractivity contribution in [2.75, 3.05) is 33.1 Å². The third-order valence-electron chi connectivity index (χ3n) is 3.65. The van der Waals surface area contributed by atoms with Gasteiger partial charge in [0.2, 0.25) is 5.91 Å². The summed E-state index contributed by atoms with van der Waals surface area (Å²) in [6.07, 6.45) is 3.14. The number of nitrogens with zero attached hydrogens (tertiary/aromatic N) is 1. The molecule has 0 aromatic heterocycles. The van der Waals surface area contributed by atoms with E-state index in [1.54, 1.807) is 7.11 Å². The van der Waals surface area contributed by atoms with Crippen LogP contribution in [0.2, 0.25) is 0 Å². The number of hydrogen-bond donors (Lipinski definition) is 2.